The van der Waals surface area contributed by atoms with Crippen LogP contribution in [0.25, 0.3) is 11.1 Å². The lowest BCUT2D eigenvalue weighted by Gasteiger charge is -2.22. The van der Waals surface area contributed by atoms with Crippen LogP contribution < -0.4 is 4.90 Å². The van der Waals surface area contributed by atoms with Crippen molar-refractivity contribution in [3.05, 3.63) is 52.6 Å². The van der Waals surface area contributed by atoms with Gasteiger partial charge in [-0.3, -0.25) is 9.59 Å². The Kier molecular flexibility index (Phi) is 3.87. The van der Waals surface area contributed by atoms with Gasteiger partial charge in [-0.1, -0.05) is 23.8 Å². The molecule has 134 valence electrons. The molecule has 0 aromatic heterocycles. The number of nitrogens with zero attached hydrogens (tertiary/aromatic N) is 2. The lowest BCUT2D eigenvalue weighted by atomic mass is 9.92. The number of rotatable bonds is 1. The van der Waals surface area contributed by atoms with E-state index in [-0.39, 0.29) is 17.9 Å². The number of hydrogen-bond donors (Lipinski definition) is 0. The molecular formula is C22H24N2O2. The molecule has 26 heavy (non-hydrogen) atoms. The molecule has 0 spiro atoms. The Morgan fingerprint density at radius 2 is 1.69 bits per heavy atom. The Bertz CT molecular complexity index is 909. The van der Waals surface area contributed by atoms with Gasteiger partial charge in [0.2, 0.25) is 5.91 Å². The first-order valence-corrected chi connectivity index (χ1v) is 9.19. The average Bonchev–Trinajstić information content (AvgIpc) is 3.06. The Morgan fingerprint density at radius 1 is 1.00 bits per heavy atom. The Labute approximate surface area is 154 Å². The molecule has 0 aliphatic carbocycles. The van der Waals surface area contributed by atoms with E-state index in [0.717, 1.165) is 18.4 Å². The van der Waals surface area contributed by atoms with E-state index >= 15 is 0 Å². The van der Waals surface area contributed by atoms with Crippen LogP contribution in [-0.2, 0) is 4.79 Å². The van der Waals surface area contributed by atoms with E-state index in [0.29, 0.717) is 17.8 Å². The first kappa shape index (κ1) is 16.8. The van der Waals surface area contributed by atoms with E-state index in [2.05, 4.69) is 32.9 Å². The van der Waals surface area contributed by atoms with E-state index < -0.39 is 0 Å². The van der Waals surface area contributed by atoms with Gasteiger partial charge in [-0.15, -0.1) is 0 Å². The van der Waals surface area contributed by atoms with Crippen LogP contribution in [0.15, 0.2) is 30.3 Å². The monoisotopic (exact) mass is 348 g/mol. The molecule has 4 nitrogen and oxygen atoms in total. The zero-order valence-corrected chi connectivity index (χ0v) is 15.8. The van der Waals surface area contributed by atoms with Gasteiger partial charge in [0.05, 0.1) is 11.3 Å². The molecule has 1 saturated heterocycles. The summed E-state index contributed by atoms with van der Waals surface area (Å²) in [7, 11) is 1.78. The van der Waals surface area contributed by atoms with Gasteiger partial charge >= 0.3 is 0 Å². The van der Waals surface area contributed by atoms with Crippen molar-refractivity contribution >= 4 is 17.5 Å². The number of likely N-dealkylation sites (N-methyl/N-ethyl adjacent to an activating group) is 1. The highest BCUT2D eigenvalue weighted by molar-refractivity contribution is 6.11. The molecule has 4 rings (SSSR count). The first-order chi connectivity index (χ1) is 12.4. The maximum Gasteiger partial charge on any atom is 0.256 e. The molecule has 2 aliphatic rings. The number of aryl methyl sites for hydroxylation is 3. The molecule has 2 heterocycles. The normalized spacial score (nSPS) is 19.5. The highest BCUT2D eigenvalue weighted by atomic mass is 16.2. The molecule has 2 amide bonds. The summed E-state index contributed by atoms with van der Waals surface area (Å²) in [5, 5.41) is 0. The van der Waals surface area contributed by atoms with Crippen LogP contribution >= 0.6 is 0 Å². The number of amides is 2. The summed E-state index contributed by atoms with van der Waals surface area (Å²) < 4.78 is 0. The highest BCUT2D eigenvalue weighted by Gasteiger charge is 2.40. The molecule has 1 atom stereocenters. The summed E-state index contributed by atoms with van der Waals surface area (Å²) in [6.07, 6.45) is 1.65. The van der Waals surface area contributed by atoms with Gasteiger partial charge in [-0.25, -0.2) is 0 Å². The van der Waals surface area contributed by atoms with Gasteiger partial charge in [0.25, 0.3) is 5.91 Å². The highest BCUT2D eigenvalue weighted by Crippen LogP contribution is 2.36. The van der Waals surface area contributed by atoms with Crippen LogP contribution in [0.2, 0.25) is 0 Å². The number of fused-ring (bicyclic) bond motifs is 2. The number of benzene rings is 2. The van der Waals surface area contributed by atoms with Crippen molar-refractivity contribution in [3.8, 4) is 11.1 Å². The van der Waals surface area contributed by atoms with Crippen LogP contribution in [0.4, 0.5) is 5.69 Å². The molecule has 0 bridgehead atoms. The van der Waals surface area contributed by atoms with Crippen molar-refractivity contribution in [1.29, 1.82) is 0 Å². The van der Waals surface area contributed by atoms with E-state index in [4.69, 9.17) is 0 Å². The van der Waals surface area contributed by atoms with Crippen molar-refractivity contribution in [3.63, 3.8) is 0 Å². The largest absolute Gasteiger partial charge is 0.327 e. The summed E-state index contributed by atoms with van der Waals surface area (Å²) in [6, 6.07) is 9.93. The number of carbonyl (C=O) groups excluding carboxylic acids is 2. The van der Waals surface area contributed by atoms with Crippen molar-refractivity contribution < 1.29 is 9.59 Å². The van der Waals surface area contributed by atoms with Crippen LogP contribution in [0.5, 0.6) is 0 Å². The van der Waals surface area contributed by atoms with Gasteiger partial charge in [0, 0.05) is 13.6 Å². The molecule has 0 unspecified atom stereocenters. The summed E-state index contributed by atoms with van der Waals surface area (Å²) in [5.74, 6) is -0.00508. The minimum atomic E-state index is -0.314. The van der Waals surface area contributed by atoms with Gasteiger partial charge in [-0.2, -0.15) is 0 Å². The van der Waals surface area contributed by atoms with Crippen molar-refractivity contribution in [2.75, 3.05) is 18.5 Å². The summed E-state index contributed by atoms with van der Waals surface area (Å²) in [6.45, 7) is 6.97. The van der Waals surface area contributed by atoms with E-state index in [9.17, 15) is 9.59 Å². The molecule has 2 aromatic rings. The van der Waals surface area contributed by atoms with Crippen LogP contribution in [-0.4, -0.2) is 36.3 Å². The molecule has 0 saturated carbocycles. The Balaban J connectivity index is 1.89. The summed E-state index contributed by atoms with van der Waals surface area (Å²) >= 11 is 0. The van der Waals surface area contributed by atoms with Gasteiger partial charge in [-0.05, 0) is 68.0 Å². The maximum atomic E-state index is 13.2. The van der Waals surface area contributed by atoms with Crippen molar-refractivity contribution in [2.24, 2.45) is 0 Å². The second-order valence-electron chi connectivity index (χ2n) is 7.56. The fourth-order valence-electron chi connectivity index (χ4n) is 4.55. The van der Waals surface area contributed by atoms with E-state index in [1.807, 2.05) is 18.2 Å². The fourth-order valence-corrected chi connectivity index (χ4v) is 4.55. The Hall–Kier alpha value is -2.62. The van der Waals surface area contributed by atoms with Crippen LogP contribution in [0.3, 0.4) is 0 Å². The third-order valence-corrected chi connectivity index (χ3v) is 5.68. The number of hydrogen-bond acceptors (Lipinski definition) is 2. The number of anilines is 1. The fraction of sp³-hybridized carbons (Fsp3) is 0.364. The minimum absolute atomic E-state index is 0.0186. The van der Waals surface area contributed by atoms with E-state index in [1.54, 1.807) is 16.8 Å². The molecule has 0 radical (unpaired) electrons. The lowest BCUT2D eigenvalue weighted by Crippen LogP contribution is -2.43. The van der Waals surface area contributed by atoms with Crippen LogP contribution in [0, 0.1) is 20.8 Å². The van der Waals surface area contributed by atoms with E-state index in [1.165, 1.54) is 22.3 Å². The van der Waals surface area contributed by atoms with Gasteiger partial charge in [0.15, 0.2) is 0 Å². The first-order valence-electron chi connectivity index (χ1n) is 9.19. The number of carbonyl (C=O) groups is 2. The predicted molar refractivity (Wildman–Crippen MR) is 104 cm³/mol. The molecule has 4 heteroatoms. The molecule has 1 fully saturated rings. The molecule has 2 aromatic carbocycles. The second kappa shape index (κ2) is 5.97. The third kappa shape index (κ3) is 2.44. The lowest BCUT2D eigenvalue weighted by molar-refractivity contribution is -0.121. The van der Waals surface area contributed by atoms with Gasteiger partial charge in [0.1, 0.15) is 6.04 Å². The SMILES string of the molecule is Cc1cc(C)c(-c2ccc3c(c2)C(=O)N2CCC[C@H]2C(=O)N3C)c(C)c1. The van der Waals surface area contributed by atoms with Crippen LogP contribution in [0.1, 0.15) is 39.9 Å². The molecule has 0 N–H and O–H groups in total. The van der Waals surface area contributed by atoms with Gasteiger partial charge < -0.3 is 9.80 Å². The summed E-state index contributed by atoms with van der Waals surface area (Å²) in [4.78, 5) is 29.3. The molecule has 2 aliphatic heterocycles. The topological polar surface area (TPSA) is 40.6 Å². The predicted octanol–water partition coefficient (Wildman–Crippen LogP) is 3.86. The third-order valence-electron chi connectivity index (χ3n) is 5.68. The zero-order chi connectivity index (χ0) is 18.6. The summed E-state index contributed by atoms with van der Waals surface area (Å²) in [5.41, 5.74) is 7.18. The second-order valence-corrected chi connectivity index (χ2v) is 7.56. The zero-order valence-electron chi connectivity index (χ0n) is 15.8. The average molecular weight is 348 g/mol. The standard InChI is InChI=1S/C22H24N2O2/c1-13-10-14(2)20(15(3)11-13)16-7-8-18-17(12-16)21(25)24-9-5-6-19(24)22(26)23(18)4/h7-8,10-12,19H,5-6,9H2,1-4H3/t19-/m0/s1. The van der Waals surface area contributed by atoms with Crippen molar-refractivity contribution in [2.45, 2.75) is 39.7 Å². The maximum absolute atomic E-state index is 13.2. The molecular weight excluding hydrogens is 324 g/mol. The van der Waals surface area contributed by atoms with Crippen molar-refractivity contribution in [1.82, 2.24) is 4.90 Å². The Morgan fingerprint density at radius 3 is 2.38 bits per heavy atom. The smallest absolute Gasteiger partial charge is 0.256 e. The quantitative estimate of drug-likeness (QED) is 0.785. The minimum Gasteiger partial charge on any atom is -0.327 e.